The maximum Gasteiger partial charge on any atom is 0.295 e. The lowest BCUT2D eigenvalue weighted by molar-refractivity contribution is 0.0700. The van der Waals surface area contributed by atoms with Crippen molar-refractivity contribution in [3.63, 3.8) is 0 Å². The predicted molar refractivity (Wildman–Crippen MR) is 39.8 cm³/mol. The standard InChI is InChI=1S/C7H9N3O2/c11-7(10-12)6-3-5(8-9-6)4-1-2-4/h3-4,12H,1-2H2,(H,8,9)(H,10,11). The molecule has 1 aliphatic carbocycles. The van der Waals surface area contributed by atoms with E-state index in [1.807, 2.05) is 0 Å². The molecule has 1 amide bonds. The summed E-state index contributed by atoms with van der Waals surface area (Å²) in [6.45, 7) is 0. The van der Waals surface area contributed by atoms with Gasteiger partial charge in [-0.25, -0.2) is 5.48 Å². The molecule has 12 heavy (non-hydrogen) atoms. The minimum Gasteiger partial charge on any atom is -0.288 e. The molecule has 1 saturated carbocycles. The number of hydroxylamine groups is 1. The van der Waals surface area contributed by atoms with E-state index in [1.165, 1.54) is 5.48 Å². The molecule has 3 N–H and O–H groups in total. The lowest BCUT2D eigenvalue weighted by Crippen LogP contribution is -2.18. The summed E-state index contributed by atoms with van der Waals surface area (Å²) in [6, 6.07) is 1.67. The van der Waals surface area contributed by atoms with Gasteiger partial charge in [0, 0.05) is 11.6 Å². The highest BCUT2D eigenvalue weighted by Gasteiger charge is 2.26. The number of aromatic nitrogens is 2. The molecule has 0 spiro atoms. The topological polar surface area (TPSA) is 78.0 Å². The smallest absolute Gasteiger partial charge is 0.288 e. The molecule has 0 radical (unpaired) electrons. The first kappa shape index (κ1) is 7.30. The van der Waals surface area contributed by atoms with Crippen LogP contribution in [0, 0.1) is 0 Å². The van der Waals surface area contributed by atoms with Gasteiger partial charge in [-0.3, -0.25) is 15.1 Å². The largest absolute Gasteiger partial charge is 0.295 e. The van der Waals surface area contributed by atoms with Gasteiger partial charge >= 0.3 is 0 Å². The third kappa shape index (κ3) is 1.18. The molecule has 1 heterocycles. The molecule has 1 aromatic rings. The van der Waals surface area contributed by atoms with Crippen LogP contribution in [0.5, 0.6) is 0 Å². The number of aromatic amines is 1. The van der Waals surface area contributed by atoms with Gasteiger partial charge in [-0.1, -0.05) is 0 Å². The zero-order valence-electron chi connectivity index (χ0n) is 6.37. The van der Waals surface area contributed by atoms with Crippen LogP contribution in [0.2, 0.25) is 0 Å². The number of carbonyl (C=O) groups excluding carboxylic acids is 1. The molecule has 0 unspecified atom stereocenters. The number of carbonyl (C=O) groups is 1. The number of amides is 1. The molecule has 1 aliphatic rings. The van der Waals surface area contributed by atoms with E-state index in [4.69, 9.17) is 5.21 Å². The van der Waals surface area contributed by atoms with Crippen LogP contribution in [0.25, 0.3) is 0 Å². The van der Waals surface area contributed by atoms with Crippen LogP contribution in [0.1, 0.15) is 34.9 Å². The third-order valence-electron chi connectivity index (χ3n) is 1.95. The van der Waals surface area contributed by atoms with E-state index in [2.05, 4.69) is 10.2 Å². The summed E-state index contributed by atoms with van der Waals surface area (Å²) in [6.07, 6.45) is 2.31. The molecule has 1 aromatic heterocycles. The minimum atomic E-state index is -0.571. The maximum absolute atomic E-state index is 10.8. The number of rotatable bonds is 2. The Kier molecular flexibility index (Phi) is 1.58. The van der Waals surface area contributed by atoms with E-state index in [0.29, 0.717) is 5.92 Å². The van der Waals surface area contributed by atoms with Gasteiger partial charge in [0.05, 0.1) is 0 Å². The first-order chi connectivity index (χ1) is 5.81. The summed E-state index contributed by atoms with van der Waals surface area (Å²) in [5.41, 5.74) is 2.75. The number of hydrogen-bond donors (Lipinski definition) is 3. The van der Waals surface area contributed by atoms with Crippen LogP contribution < -0.4 is 5.48 Å². The average molecular weight is 167 g/mol. The van der Waals surface area contributed by atoms with Crippen LogP contribution in [-0.2, 0) is 0 Å². The first-order valence-corrected chi connectivity index (χ1v) is 3.81. The van der Waals surface area contributed by atoms with Crippen molar-refractivity contribution in [2.45, 2.75) is 18.8 Å². The Labute approximate surface area is 68.7 Å². The molecular weight excluding hydrogens is 158 g/mol. The van der Waals surface area contributed by atoms with E-state index in [1.54, 1.807) is 6.07 Å². The summed E-state index contributed by atoms with van der Waals surface area (Å²) in [4.78, 5) is 10.8. The van der Waals surface area contributed by atoms with E-state index in [9.17, 15) is 4.79 Å². The molecule has 5 heteroatoms. The van der Waals surface area contributed by atoms with Gasteiger partial charge in [-0.05, 0) is 18.9 Å². The Balaban J connectivity index is 2.17. The SMILES string of the molecule is O=C(NO)c1cc(C2CC2)[nH]n1. The zero-order chi connectivity index (χ0) is 8.55. The summed E-state index contributed by atoms with van der Waals surface area (Å²) in [7, 11) is 0. The molecule has 64 valence electrons. The van der Waals surface area contributed by atoms with Gasteiger partial charge < -0.3 is 0 Å². The Hall–Kier alpha value is -1.36. The van der Waals surface area contributed by atoms with Crippen molar-refractivity contribution in [2.75, 3.05) is 0 Å². The van der Waals surface area contributed by atoms with Gasteiger partial charge in [0.15, 0.2) is 5.69 Å². The fourth-order valence-corrected chi connectivity index (χ4v) is 1.11. The molecule has 1 fully saturated rings. The van der Waals surface area contributed by atoms with E-state index >= 15 is 0 Å². The maximum atomic E-state index is 10.8. The average Bonchev–Trinajstić information content (AvgIpc) is 2.83. The molecule has 0 bridgehead atoms. The fourth-order valence-electron chi connectivity index (χ4n) is 1.11. The second-order valence-electron chi connectivity index (χ2n) is 2.92. The van der Waals surface area contributed by atoms with Crippen LogP contribution in [0.3, 0.4) is 0 Å². The van der Waals surface area contributed by atoms with Crippen molar-refractivity contribution < 1.29 is 10.0 Å². The summed E-state index contributed by atoms with van der Waals surface area (Å²) < 4.78 is 0. The molecule has 0 saturated heterocycles. The Morgan fingerprint density at radius 2 is 2.50 bits per heavy atom. The van der Waals surface area contributed by atoms with Gasteiger partial charge in [0.2, 0.25) is 0 Å². The van der Waals surface area contributed by atoms with Gasteiger partial charge in [0.25, 0.3) is 5.91 Å². The number of nitrogens with zero attached hydrogens (tertiary/aromatic N) is 1. The van der Waals surface area contributed by atoms with Crippen molar-refractivity contribution in [3.05, 3.63) is 17.5 Å². The number of H-pyrrole nitrogens is 1. The van der Waals surface area contributed by atoms with Crippen molar-refractivity contribution in [1.82, 2.24) is 15.7 Å². The Bertz CT molecular complexity index is 303. The molecular formula is C7H9N3O2. The minimum absolute atomic E-state index is 0.236. The van der Waals surface area contributed by atoms with Crippen LogP contribution in [0.15, 0.2) is 6.07 Å². The highest BCUT2D eigenvalue weighted by molar-refractivity contribution is 5.91. The molecule has 5 nitrogen and oxygen atoms in total. The zero-order valence-corrected chi connectivity index (χ0v) is 6.37. The van der Waals surface area contributed by atoms with Gasteiger partial charge in [0.1, 0.15) is 0 Å². The van der Waals surface area contributed by atoms with Crippen LogP contribution >= 0.6 is 0 Å². The van der Waals surface area contributed by atoms with Crippen LogP contribution in [-0.4, -0.2) is 21.3 Å². The second-order valence-corrected chi connectivity index (χ2v) is 2.92. The van der Waals surface area contributed by atoms with Crippen molar-refractivity contribution in [2.24, 2.45) is 0 Å². The van der Waals surface area contributed by atoms with Gasteiger partial charge in [-0.2, -0.15) is 5.10 Å². The molecule has 0 aliphatic heterocycles. The Morgan fingerprint density at radius 3 is 3.08 bits per heavy atom. The van der Waals surface area contributed by atoms with E-state index in [0.717, 1.165) is 18.5 Å². The molecule has 0 atom stereocenters. The number of hydrogen-bond acceptors (Lipinski definition) is 3. The third-order valence-corrected chi connectivity index (χ3v) is 1.95. The second kappa shape index (κ2) is 2.60. The highest BCUT2D eigenvalue weighted by atomic mass is 16.5. The fraction of sp³-hybridized carbons (Fsp3) is 0.429. The van der Waals surface area contributed by atoms with Crippen LogP contribution in [0.4, 0.5) is 0 Å². The normalized spacial score (nSPS) is 16.1. The first-order valence-electron chi connectivity index (χ1n) is 3.81. The summed E-state index contributed by atoms with van der Waals surface area (Å²) >= 11 is 0. The number of nitrogens with one attached hydrogen (secondary N) is 2. The summed E-state index contributed by atoms with van der Waals surface area (Å²) in [5, 5.41) is 14.8. The lowest BCUT2D eigenvalue weighted by Gasteiger charge is -1.88. The summed E-state index contributed by atoms with van der Waals surface area (Å²) in [5.74, 6) is -0.0316. The Morgan fingerprint density at radius 1 is 1.75 bits per heavy atom. The lowest BCUT2D eigenvalue weighted by atomic mass is 10.2. The van der Waals surface area contributed by atoms with Gasteiger partial charge in [-0.15, -0.1) is 0 Å². The van der Waals surface area contributed by atoms with E-state index < -0.39 is 5.91 Å². The monoisotopic (exact) mass is 167 g/mol. The van der Waals surface area contributed by atoms with Crippen molar-refractivity contribution >= 4 is 5.91 Å². The molecule has 0 aromatic carbocycles. The molecule has 2 rings (SSSR count). The van der Waals surface area contributed by atoms with E-state index in [-0.39, 0.29) is 5.69 Å². The quantitative estimate of drug-likeness (QED) is 0.441. The highest BCUT2D eigenvalue weighted by Crippen LogP contribution is 2.38. The van der Waals surface area contributed by atoms with Crippen molar-refractivity contribution in [1.29, 1.82) is 0 Å². The predicted octanol–water partition coefficient (Wildman–Crippen LogP) is 0.406. The van der Waals surface area contributed by atoms with Crippen molar-refractivity contribution in [3.8, 4) is 0 Å².